The van der Waals surface area contributed by atoms with Gasteiger partial charge in [-0.3, -0.25) is 4.79 Å². The maximum absolute atomic E-state index is 12.4. The minimum Gasteiger partial charge on any atom is -0.506 e. The monoisotopic (exact) mass is 696 g/mol. The van der Waals surface area contributed by atoms with Crippen LogP contribution in [-0.4, -0.2) is 111 Å². The molecule has 3 saturated heterocycles. The van der Waals surface area contributed by atoms with Gasteiger partial charge >= 0.3 is 5.97 Å². The van der Waals surface area contributed by atoms with Gasteiger partial charge in [0.15, 0.2) is 5.78 Å². The third kappa shape index (κ3) is 6.86. The third-order valence-corrected chi connectivity index (χ3v) is 12.4. The Kier molecular flexibility index (Phi) is 11.4. The van der Waals surface area contributed by atoms with E-state index in [2.05, 4.69) is 6.92 Å². The van der Waals surface area contributed by atoms with Crippen LogP contribution in [0.4, 0.5) is 0 Å². The molecule has 3 heterocycles. The molecule has 8 atom stereocenters. The number of ketones is 1. The Hall–Kier alpha value is -2.14. The first-order valence-corrected chi connectivity index (χ1v) is 18.3. The van der Waals surface area contributed by atoms with E-state index in [0.717, 1.165) is 18.2 Å². The number of aromatic hydroxyl groups is 1. The van der Waals surface area contributed by atoms with Gasteiger partial charge in [0.1, 0.15) is 41.4 Å². The van der Waals surface area contributed by atoms with E-state index in [0.29, 0.717) is 31.6 Å². The normalized spacial score (nSPS) is 33.6. The van der Waals surface area contributed by atoms with E-state index in [1.54, 1.807) is 23.8 Å². The molecule has 2 aromatic rings. The minimum absolute atomic E-state index is 0.0330. The van der Waals surface area contributed by atoms with Gasteiger partial charge in [0.25, 0.3) is 0 Å². The van der Waals surface area contributed by atoms with Gasteiger partial charge in [-0.25, -0.2) is 4.79 Å². The van der Waals surface area contributed by atoms with Crippen molar-refractivity contribution in [1.82, 2.24) is 0 Å². The number of carbonyl (C=O) groups is 2. The molecular formula is C33H44O12S2. The molecule has 3 aliphatic rings. The van der Waals surface area contributed by atoms with Crippen molar-refractivity contribution >= 4 is 44.1 Å². The Labute approximate surface area is 281 Å². The van der Waals surface area contributed by atoms with Gasteiger partial charge in [-0.05, 0) is 74.4 Å². The average Bonchev–Trinajstić information content (AvgIpc) is 3.05. The van der Waals surface area contributed by atoms with Crippen LogP contribution in [0.5, 0.6) is 11.5 Å². The van der Waals surface area contributed by atoms with Gasteiger partial charge in [0.2, 0.25) is 6.29 Å². The number of hydrogen-bond acceptors (Lipinski definition) is 13. The van der Waals surface area contributed by atoms with Crippen LogP contribution < -0.4 is 4.74 Å². The van der Waals surface area contributed by atoms with Crippen molar-refractivity contribution < 1.29 is 59.2 Å². The van der Waals surface area contributed by atoms with Crippen molar-refractivity contribution in [3.8, 4) is 11.5 Å². The summed E-state index contributed by atoms with van der Waals surface area (Å²) in [6, 6.07) is 4.04. The number of benzene rings is 2. The molecule has 2 aromatic carbocycles. The van der Waals surface area contributed by atoms with E-state index >= 15 is 0 Å². The lowest BCUT2D eigenvalue weighted by atomic mass is 9.65. The highest BCUT2D eigenvalue weighted by Crippen LogP contribution is 2.50. The fourth-order valence-electron chi connectivity index (χ4n) is 7.72. The standard InChI is InChI=1S/C33H44O12S2/c1-17-4-6-33(43-16-47-46-15-32(7-8-34)14-42-9-5-22(17)32)24(13-35)45-31(28(38)29(33)39)44-23-12-21(30(40)41)11-20-10-18(2)25(19(3)36)27(37)26(20)23/h10-12,17,22,24,28-29,31,34-35,37-39H,4-9,13-16H2,1-3H3,(H,40,41)/t17-,22-,24+,28+,29+,31+,32+,33+/m0/s1. The number of phenols is 1. The second kappa shape index (κ2) is 14.8. The number of fused-ring (bicyclic) bond motifs is 2. The van der Waals surface area contributed by atoms with Crippen LogP contribution in [0, 0.1) is 24.2 Å². The summed E-state index contributed by atoms with van der Waals surface area (Å²) in [7, 11) is 3.02. The number of Topliss-reactive ketones (excluding diaryl/α,β-unsaturated/α-hetero) is 1. The Balaban J connectivity index is 1.48. The molecule has 12 nitrogen and oxygen atoms in total. The average molecular weight is 697 g/mol. The molecule has 0 aliphatic carbocycles. The largest absolute Gasteiger partial charge is 0.506 e. The quantitative estimate of drug-likeness (QED) is 0.182. The highest BCUT2D eigenvalue weighted by molar-refractivity contribution is 8.76. The van der Waals surface area contributed by atoms with Crippen molar-refractivity contribution in [2.75, 3.05) is 38.1 Å². The highest BCUT2D eigenvalue weighted by atomic mass is 33.1. The summed E-state index contributed by atoms with van der Waals surface area (Å²) in [6.45, 7) is 5.66. The number of rotatable bonds is 7. The number of carboxylic acid groups (broad SMARTS) is 1. The topological polar surface area (TPSA) is 192 Å². The number of aliphatic hydroxyl groups excluding tert-OH is 4. The number of ether oxygens (including phenoxy) is 4. The number of carbonyl (C=O) groups excluding carboxylic acids is 1. The molecule has 3 fully saturated rings. The van der Waals surface area contributed by atoms with Gasteiger partial charge in [-0.15, -0.1) is 0 Å². The second-order valence-electron chi connectivity index (χ2n) is 13.0. The predicted octanol–water partition coefficient (Wildman–Crippen LogP) is 3.50. The predicted molar refractivity (Wildman–Crippen MR) is 176 cm³/mol. The van der Waals surface area contributed by atoms with Crippen LogP contribution in [0.2, 0.25) is 0 Å². The molecule has 0 radical (unpaired) electrons. The number of carboxylic acids is 1. The lowest BCUT2D eigenvalue weighted by Crippen LogP contribution is -2.69. The summed E-state index contributed by atoms with van der Waals surface area (Å²) >= 11 is 0. The summed E-state index contributed by atoms with van der Waals surface area (Å²) in [6.07, 6.45) is -3.83. The van der Waals surface area contributed by atoms with E-state index in [1.165, 1.54) is 23.8 Å². The number of aryl methyl sites for hydroxylation is 1. The highest BCUT2D eigenvalue weighted by Gasteiger charge is 2.58. The zero-order valence-corrected chi connectivity index (χ0v) is 28.3. The smallest absolute Gasteiger partial charge is 0.335 e. The Morgan fingerprint density at radius 2 is 1.89 bits per heavy atom. The maximum Gasteiger partial charge on any atom is 0.335 e. The number of aliphatic hydroxyl groups is 4. The fourth-order valence-corrected chi connectivity index (χ4v) is 10.1. The second-order valence-corrected chi connectivity index (χ2v) is 15.4. The van der Waals surface area contributed by atoms with E-state index in [9.17, 15) is 40.2 Å². The zero-order chi connectivity index (χ0) is 34.1. The molecule has 260 valence electrons. The third-order valence-electron chi connectivity index (χ3n) is 10.2. The van der Waals surface area contributed by atoms with Gasteiger partial charge in [0, 0.05) is 24.4 Å². The van der Waals surface area contributed by atoms with Crippen LogP contribution >= 0.6 is 21.6 Å². The van der Waals surface area contributed by atoms with Gasteiger partial charge in [-0.2, -0.15) is 0 Å². The molecule has 0 bridgehead atoms. The summed E-state index contributed by atoms with van der Waals surface area (Å²) in [5, 5.41) is 65.1. The van der Waals surface area contributed by atoms with Crippen molar-refractivity contribution in [3.63, 3.8) is 0 Å². The first-order chi connectivity index (χ1) is 22.4. The molecular weight excluding hydrogens is 652 g/mol. The number of aromatic carboxylic acids is 1. The molecule has 6 N–H and O–H groups in total. The van der Waals surface area contributed by atoms with Gasteiger partial charge in [-0.1, -0.05) is 34.6 Å². The summed E-state index contributed by atoms with van der Waals surface area (Å²) < 4.78 is 24.4. The molecule has 47 heavy (non-hydrogen) atoms. The molecule has 1 spiro atoms. The molecule has 0 unspecified atom stereocenters. The van der Waals surface area contributed by atoms with Crippen LogP contribution in [0.3, 0.4) is 0 Å². The molecule has 14 heteroatoms. The molecule has 3 aliphatic heterocycles. The van der Waals surface area contributed by atoms with Crippen molar-refractivity contribution in [3.05, 3.63) is 34.9 Å². The summed E-state index contributed by atoms with van der Waals surface area (Å²) in [5.74, 6) is -1.08. The Bertz CT molecular complexity index is 1460. The maximum atomic E-state index is 12.4. The van der Waals surface area contributed by atoms with Crippen LogP contribution in [0.15, 0.2) is 18.2 Å². The van der Waals surface area contributed by atoms with Gasteiger partial charge in [0.05, 0.1) is 29.7 Å². The molecule has 0 aromatic heterocycles. The van der Waals surface area contributed by atoms with Crippen molar-refractivity contribution in [2.24, 2.45) is 17.3 Å². The first-order valence-electron chi connectivity index (χ1n) is 15.8. The number of hydrogen-bond donors (Lipinski definition) is 6. The zero-order valence-electron chi connectivity index (χ0n) is 26.7. The SMILES string of the molecule is CC(=O)c1c(C)cc2cc(C(=O)O)cc(O[C@@H]3O[C@H](CO)[C@]4(CC[C@H](C)[C@@H]5CCOC[C@]5(CCO)CSSCO4)[C@H](O)[C@H]3O)c2c1O. The van der Waals surface area contributed by atoms with Crippen molar-refractivity contribution in [2.45, 2.75) is 76.7 Å². The van der Waals surface area contributed by atoms with Crippen LogP contribution in [-0.2, 0) is 14.2 Å². The van der Waals surface area contributed by atoms with Gasteiger partial charge < -0.3 is 49.6 Å². The molecule has 0 saturated carbocycles. The minimum atomic E-state index is -1.71. The summed E-state index contributed by atoms with van der Waals surface area (Å²) in [5.41, 5.74) is -1.45. The Morgan fingerprint density at radius 3 is 2.57 bits per heavy atom. The lowest BCUT2D eigenvalue weighted by Gasteiger charge is -2.51. The fraction of sp³-hybridized carbons (Fsp3) is 0.636. The van der Waals surface area contributed by atoms with Crippen LogP contribution in [0.25, 0.3) is 10.8 Å². The molecule has 5 rings (SSSR count). The number of phenolic OH excluding ortho intramolecular Hbond substituents is 1. The van der Waals surface area contributed by atoms with Crippen molar-refractivity contribution in [1.29, 1.82) is 0 Å². The summed E-state index contributed by atoms with van der Waals surface area (Å²) in [4.78, 5) is 24.4. The lowest BCUT2D eigenvalue weighted by molar-refractivity contribution is -0.322. The van der Waals surface area contributed by atoms with E-state index in [1.807, 2.05) is 0 Å². The van der Waals surface area contributed by atoms with E-state index in [4.69, 9.17) is 18.9 Å². The van der Waals surface area contributed by atoms with Crippen LogP contribution in [0.1, 0.15) is 65.8 Å². The van der Waals surface area contributed by atoms with E-state index < -0.39 is 54.3 Å². The first kappa shape index (κ1) is 36.1. The Morgan fingerprint density at radius 1 is 1.13 bits per heavy atom. The van der Waals surface area contributed by atoms with E-state index in [-0.39, 0.29) is 63.9 Å². The molecule has 0 amide bonds.